The summed E-state index contributed by atoms with van der Waals surface area (Å²) in [4.78, 5) is 0. The second-order valence-corrected chi connectivity index (χ2v) is 27.0. The van der Waals surface area contributed by atoms with Crippen LogP contribution in [0.4, 0.5) is 0 Å². The summed E-state index contributed by atoms with van der Waals surface area (Å²) in [7, 11) is 0. The van der Waals surface area contributed by atoms with E-state index in [0.29, 0.717) is 12.8 Å². The van der Waals surface area contributed by atoms with Gasteiger partial charge in [0.1, 0.15) is 45.0 Å². The Morgan fingerprint density at radius 2 is 0.990 bits per heavy atom. The van der Waals surface area contributed by atoms with Crippen LogP contribution in [-0.4, -0.2) is 0 Å². The van der Waals surface area contributed by atoms with Crippen LogP contribution in [0.2, 0.25) is 0 Å². The number of furan rings is 3. The summed E-state index contributed by atoms with van der Waals surface area (Å²) in [5.74, 6) is 1.83. The molecule has 0 fully saturated rings. The molecule has 4 nitrogen and oxygen atoms in total. The van der Waals surface area contributed by atoms with Crippen molar-refractivity contribution in [1.82, 2.24) is 0 Å². The number of fused-ring (bicyclic) bond motifs is 19. The lowest BCUT2D eigenvalue weighted by atomic mass is 9.82. The SMILES string of the molecule is C=CC(CC(=C)c1c2ccccc2c(-c2ccc3oc4c(ccc5c4ccc4oc6ccccc6c45)c3c2)c2ccccc12)c1cccc(-c2ccc3c(c2)oc2cc4ccc5c(c4cc23)O/C(=C/C=C(\C)c2c3ccccc3c(/C(C)=C/C=C\Cc3ccccc3)c3ccccc23)C5)c1. The van der Waals surface area contributed by atoms with Gasteiger partial charge in [-0.2, -0.15) is 0 Å². The third kappa shape index (κ3) is 9.65. The molecule has 1 unspecified atom stereocenters. The molecule has 0 spiro atoms. The minimum atomic E-state index is -0.00283. The molecular formula is C96H66O4. The molecule has 0 saturated heterocycles. The molecule has 1 aliphatic heterocycles. The maximum Gasteiger partial charge on any atom is 0.143 e. The van der Waals surface area contributed by atoms with Crippen molar-refractivity contribution in [2.75, 3.05) is 0 Å². The first-order valence-corrected chi connectivity index (χ1v) is 34.6. The van der Waals surface area contributed by atoms with Crippen molar-refractivity contribution in [3.63, 3.8) is 0 Å². The van der Waals surface area contributed by atoms with Crippen LogP contribution in [0, 0.1) is 0 Å². The number of allylic oxidation sites excluding steroid dienone is 10. The van der Waals surface area contributed by atoms with Crippen molar-refractivity contribution < 1.29 is 18.0 Å². The Labute approximate surface area is 578 Å². The van der Waals surface area contributed by atoms with Crippen LogP contribution in [0.25, 0.3) is 169 Å². The predicted octanol–water partition coefficient (Wildman–Crippen LogP) is 27.1. The van der Waals surface area contributed by atoms with Gasteiger partial charge in [0.15, 0.2) is 0 Å². The van der Waals surface area contributed by atoms with E-state index in [2.05, 4.69) is 306 Å². The monoisotopic (exact) mass is 1280 g/mol. The minimum Gasteiger partial charge on any atom is -0.460 e. The number of ether oxygens (including phenoxy) is 1. The third-order valence-electron chi connectivity index (χ3n) is 21.1. The van der Waals surface area contributed by atoms with Gasteiger partial charge in [0.2, 0.25) is 0 Å². The van der Waals surface area contributed by atoms with Gasteiger partial charge >= 0.3 is 0 Å². The first-order chi connectivity index (χ1) is 49.3. The van der Waals surface area contributed by atoms with Crippen molar-refractivity contribution >= 4 is 147 Å². The van der Waals surface area contributed by atoms with E-state index in [9.17, 15) is 0 Å². The first-order valence-electron chi connectivity index (χ1n) is 34.6. The Morgan fingerprint density at radius 1 is 0.420 bits per heavy atom. The van der Waals surface area contributed by atoms with Gasteiger partial charge in [-0.15, -0.1) is 6.58 Å². The molecule has 0 amide bonds. The highest BCUT2D eigenvalue weighted by molar-refractivity contribution is 6.26. The number of benzene rings is 15. The summed E-state index contributed by atoms with van der Waals surface area (Å²) < 4.78 is 26.7. The van der Waals surface area contributed by atoms with Crippen molar-refractivity contribution in [2.24, 2.45) is 0 Å². The Hall–Kier alpha value is -12.5. The lowest BCUT2D eigenvalue weighted by molar-refractivity contribution is 0.451. The van der Waals surface area contributed by atoms with Gasteiger partial charge in [0.05, 0.1) is 0 Å². The van der Waals surface area contributed by atoms with Crippen LogP contribution in [0.5, 0.6) is 5.75 Å². The number of hydrogen-bond acceptors (Lipinski definition) is 4. The minimum absolute atomic E-state index is 0.00283. The summed E-state index contributed by atoms with van der Waals surface area (Å²) in [6.07, 6.45) is 15.5. The largest absolute Gasteiger partial charge is 0.460 e. The smallest absolute Gasteiger partial charge is 0.143 e. The van der Waals surface area contributed by atoms with Crippen LogP contribution >= 0.6 is 0 Å². The molecule has 0 bridgehead atoms. The van der Waals surface area contributed by atoms with Crippen LogP contribution in [0.15, 0.2) is 329 Å². The fraction of sp³-hybridized carbons (Fsp3) is 0.0625. The molecular weight excluding hydrogens is 1220 g/mol. The predicted molar refractivity (Wildman–Crippen MR) is 423 cm³/mol. The van der Waals surface area contributed by atoms with E-state index in [1.54, 1.807) is 0 Å². The van der Waals surface area contributed by atoms with Crippen LogP contribution in [0.1, 0.15) is 59.6 Å². The molecule has 0 radical (unpaired) electrons. The third-order valence-corrected chi connectivity index (χ3v) is 21.1. The molecule has 0 saturated carbocycles. The van der Waals surface area contributed by atoms with Crippen molar-refractivity contribution in [2.45, 2.75) is 39.0 Å². The van der Waals surface area contributed by atoms with Gasteiger partial charge in [-0.05, 0) is 214 Å². The molecule has 15 aromatic carbocycles. The molecule has 19 rings (SSSR count). The van der Waals surface area contributed by atoms with Gasteiger partial charge in [-0.3, -0.25) is 0 Å². The highest BCUT2D eigenvalue weighted by atomic mass is 16.5. The molecule has 0 N–H and O–H groups in total. The fourth-order valence-electron chi connectivity index (χ4n) is 16.4. The van der Waals surface area contributed by atoms with Gasteiger partial charge in [-0.1, -0.05) is 237 Å². The Bertz CT molecular complexity index is 6540. The molecule has 4 heterocycles. The second-order valence-electron chi connectivity index (χ2n) is 27.0. The van der Waals surface area contributed by atoms with Crippen molar-refractivity contribution in [1.29, 1.82) is 0 Å². The average molecular weight is 1280 g/mol. The standard InChI is InChI=1S/C96H66O4/c1-5-61(50-59(4)92-74-32-15-17-34-76(74)93(77-35-18-16-33-75(77)92)66-42-48-86-83(53-66)80-46-45-78-79(96(80)100-86)47-49-87-94(78)81-36-19-20-37-85(81)98-87)62-26-21-27-63(51-62)64-41-44-69-84-56-82-65(55-89(84)99-88(69)54-64)39-40-67-52-68(97-95(67)82)43-38-58(3)91-72-30-13-11-28-70(72)90(71-29-12-14-31-73(71)91)57(2)22-9-10-25-60-23-7-6-8-24-60/h5-24,26-49,51,53-56,61H,1,4,25,50,52H2,2-3H3/b10-9-,57-22+,58-38+,68-43+. The molecule has 100 heavy (non-hydrogen) atoms. The zero-order chi connectivity index (χ0) is 66.7. The van der Waals surface area contributed by atoms with Crippen LogP contribution in [0.3, 0.4) is 0 Å². The number of rotatable bonds is 13. The van der Waals surface area contributed by atoms with Crippen molar-refractivity contribution in [3.8, 4) is 28.0 Å². The Morgan fingerprint density at radius 3 is 1.72 bits per heavy atom. The normalized spacial score (nSPS) is 13.8. The lowest BCUT2D eigenvalue weighted by Gasteiger charge is -2.21. The highest BCUT2D eigenvalue weighted by Crippen LogP contribution is 2.49. The quantitative estimate of drug-likeness (QED) is 0.0656. The summed E-state index contributed by atoms with van der Waals surface area (Å²) >= 11 is 0. The molecule has 1 aliphatic rings. The fourth-order valence-corrected chi connectivity index (χ4v) is 16.4. The van der Waals surface area contributed by atoms with E-state index in [-0.39, 0.29) is 5.92 Å². The summed E-state index contributed by atoms with van der Waals surface area (Å²) in [5, 5.41) is 20.5. The van der Waals surface area contributed by atoms with E-state index in [1.165, 1.54) is 93.2 Å². The van der Waals surface area contributed by atoms with E-state index in [1.807, 2.05) is 12.1 Å². The topological polar surface area (TPSA) is 48.7 Å². The Kier molecular flexibility index (Phi) is 13.9. The molecule has 1 atom stereocenters. The van der Waals surface area contributed by atoms with Gasteiger partial charge in [0.25, 0.3) is 0 Å². The molecule has 474 valence electrons. The Balaban J connectivity index is 0.598. The maximum atomic E-state index is 6.87. The van der Waals surface area contributed by atoms with Crippen molar-refractivity contribution in [3.05, 3.63) is 350 Å². The van der Waals surface area contributed by atoms with Gasteiger partial charge in [-0.25, -0.2) is 0 Å². The summed E-state index contributed by atoms with van der Waals surface area (Å²) in [6, 6.07) is 93.9. The summed E-state index contributed by atoms with van der Waals surface area (Å²) in [5.41, 5.74) is 20.5. The van der Waals surface area contributed by atoms with E-state index in [0.717, 1.165) is 128 Å². The van der Waals surface area contributed by atoms with E-state index >= 15 is 0 Å². The maximum absolute atomic E-state index is 6.87. The van der Waals surface area contributed by atoms with E-state index in [4.69, 9.17) is 24.6 Å². The number of hydrogen-bond donors (Lipinski definition) is 0. The zero-order valence-corrected chi connectivity index (χ0v) is 55.5. The second kappa shape index (κ2) is 23.7. The first kappa shape index (κ1) is 58.8. The van der Waals surface area contributed by atoms with Gasteiger partial charge in [0, 0.05) is 61.0 Å². The lowest BCUT2D eigenvalue weighted by Crippen LogP contribution is -1.99. The molecule has 3 aromatic heterocycles. The zero-order valence-electron chi connectivity index (χ0n) is 55.5. The van der Waals surface area contributed by atoms with Crippen LogP contribution in [-0.2, 0) is 12.8 Å². The molecule has 4 heteroatoms. The summed E-state index contributed by atoms with van der Waals surface area (Å²) in [6.45, 7) is 13.8. The number of para-hydroxylation sites is 1. The molecule has 18 aromatic rings. The van der Waals surface area contributed by atoms with Crippen LogP contribution < -0.4 is 4.74 Å². The molecule has 0 aliphatic carbocycles. The average Bonchev–Trinajstić information content (AvgIpc) is 1.30. The van der Waals surface area contributed by atoms with Gasteiger partial charge < -0.3 is 18.0 Å². The van der Waals surface area contributed by atoms with E-state index < -0.39 is 0 Å². The highest BCUT2D eigenvalue weighted by Gasteiger charge is 2.25.